The Morgan fingerprint density at radius 1 is 1.00 bits per heavy atom. The van der Waals surface area contributed by atoms with Gasteiger partial charge >= 0.3 is 5.69 Å². The number of carbonyl (C=O) groups is 1. The number of imidazole rings is 1. The first-order valence-corrected chi connectivity index (χ1v) is 10.9. The number of benzene rings is 1. The van der Waals surface area contributed by atoms with Gasteiger partial charge in [0.05, 0.1) is 6.33 Å². The van der Waals surface area contributed by atoms with Gasteiger partial charge in [-0.05, 0) is 18.4 Å². The Morgan fingerprint density at radius 3 is 2.35 bits per heavy atom. The molecule has 1 amide bonds. The van der Waals surface area contributed by atoms with E-state index in [1.165, 1.54) is 9.47 Å². The third-order valence-electron chi connectivity index (χ3n) is 5.45. The summed E-state index contributed by atoms with van der Waals surface area (Å²) in [6, 6.07) is 9.62. The maximum absolute atomic E-state index is 13.3. The van der Waals surface area contributed by atoms with Gasteiger partial charge in [-0.1, -0.05) is 57.0 Å². The molecule has 0 saturated carbocycles. The Balaban J connectivity index is 1.99. The zero-order valence-electron chi connectivity index (χ0n) is 18.6. The number of likely N-dealkylation sites (N-methyl/N-ethyl adjacent to an activating group) is 1. The van der Waals surface area contributed by atoms with Crippen molar-refractivity contribution in [3.63, 3.8) is 0 Å². The van der Waals surface area contributed by atoms with E-state index in [9.17, 15) is 14.4 Å². The van der Waals surface area contributed by atoms with Crippen LogP contribution in [-0.2, 0) is 31.0 Å². The Morgan fingerprint density at radius 2 is 1.68 bits per heavy atom. The first kappa shape index (κ1) is 22.5. The summed E-state index contributed by atoms with van der Waals surface area (Å²) in [7, 11) is 1.68. The molecule has 0 aliphatic heterocycles. The van der Waals surface area contributed by atoms with Gasteiger partial charge in [0.25, 0.3) is 5.56 Å². The molecule has 3 rings (SSSR count). The molecule has 8 heteroatoms. The number of nitrogens with zero attached hydrogens (tertiary/aromatic N) is 5. The van der Waals surface area contributed by atoms with Crippen molar-refractivity contribution in [3.8, 4) is 0 Å². The molecular weight excluding hydrogens is 394 g/mol. The molecule has 1 aromatic carbocycles. The van der Waals surface area contributed by atoms with Crippen LogP contribution in [0.25, 0.3) is 11.2 Å². The molecule has 8 nitrogen and oxygen atoms in total. The fourth-order valence-corrected chi connectivity index (χ4v) is 3.60. The van der Waals surface area contributed by atoms with Gasteiger partial charge in [0, 0.05) is 26.7 Å². The highest BCUT2D eigenvalue weighted by atomic mass is 16.2. The average molecular weight is 426 g/mol. The zero-order valence-corrected chi connectivity index (χ0v) is 18.6. The van der Waals surface area contributed by atoms with Gasteiger partial charge in [0.15, 0.2) is 11.2 Å². The summed E-state index contributed by atoms with van der Waals surface area (Å²) >= 11 is 0. The molecule has 166 valence electrons. The quantitative estimate of drug-likeness (QED) is 0.500. The van der Waals surface area contributed by atoms with Crippen LogP contribution in [-0.4, -0.2) is 36.5 Å². The van der Waals surface area contributed by atoms with Gasteiger partial charge in [0.1, 0.15) is 6.54 Å². The van der Waals surface area contributed by atoms with Crippen LogP contribution in [0.2, 0.25) is 0 Å². The lowest BCUT2D eigenvalue weighted by Crippen LogP contribution is -2.44. The van der Waals surface area contributed by atoms with E-state index in [2.05, 4.69) is 11.9 Å². The van der Waals surface area contributed by atoms with Gasteiger partial charge in [-0.25, -0.2) is 14.3 Å². The van der Waals surface area contributed by atoms with E-state index in [4.69, 9.17) is 0 Å². The molecule has 31 heavy (non-hydrogen) atoms. The number of hydrogen-bond acceptors (Lipinski definition) is 4. The maximum atomic E-state index is 13.3. The lowest BCUT2D eigenvalue weighted by atomic mass is 10.2. The van der Waals surface area contributed by atoms with Gasteiger partial charge in [-0.2, -0.15) is 0 Å². The topological polar surface area (TPSA) is 82.1 Å². The number of aromatic nitrogens is 4. The van der Waals surface area contributed by atoms with Crippen molar-refractivity contribution in [2.45, 2.75) is 65.7 Å². The minimum Gasteiger partial charge on any atom is -0.340 e. The number of carbonyl (C=O) groups excluding carboxylic acids is 1. The monoisotopic (exact) mass is 425 g/mol. The molecule has 0 radical (unpaired) electrons. The molecule has 0 N–H and O–H groups in total. The number of aryl methyl sites for hydroxylation is 2. The molecule has 3 aromatic rings. The van der Waals surface area contributed by atoms with E-state index in [0.717, 1.165) is 35.8 Å². The van der Waals surface area contributed by atoms with E-state index in [-0.39, 0.29) is 12.5 Å². The minimum atomic E-state index is -0.479. The molecule has 0 spiro atoms. The van der Waals surface area contributed by atoms with Crippen LogP contribution >= 0.6 is 0 Å². The molecule has 0 bridgehead atoms. The van der Waals surface area contributed by atoms with Crippen molar-refractivity contribution in [1.29, 1.82) is 0 Å². The Hall–Kier alpha value is -3.16. The maximum Gasteiger partial charge on any atom is 0.333 e. The summed E-state index contributed by atoms with van der Waals surface area (Å²) in [6.45, 7) is 5.36. The lowest BCUT2D eigenvalue weighted by Gasteiger charge is -2.18. The molecule has 0 unspecified atom stereocenters. The molecule has 0 atom stereocenters. The fraction of sp³-hybridized carbons (Fsp3) is 0.478. The molecule has 2 aromatic heterocycles. The fourth-order valence-electron chi connectivity index (χ4n) is 3.60. The first-order chi connectivity index (χ1) is 15.0. The second kappa shape index (κ2) is 10.2. The summed E-state index contributed by atoms with van der Waals surface area (Å²) < 4.78 is 4.40. The van der Waals surface area contributed by atoms with Crippen LogP contribution in [0, 0.1) is 0 Å². The van der Waals surface area contributed by atoms with Crippen molar-refractivity contribution in [2.75, 3.05) is 7.05 Å². The molecule has 0 aliphatic carbocycles. The van der Waals surface area contributed by atoms with Gasteiger partial charge in [-0.3, -0.25) is 14.2 Å². The van der Waals surface area contributed by atoms with Crippen LogP contribution in [0.3, 0.4) is 0 Å². The normalized spacial score (nSPS) is 11.2. The SMILES string of the molecule is CCCCn1cnc2c1c(=O)n(CC(=O)N(C)Cc1ccccc1)c(=O)n2CCCC. The smallest absolute Gasteiger partial charge is 0.333 e. The third-order valence-corrected chi connectivity index (χ3v) is 5.45. The van der Waals surface area contributed by atoms with Crippen LogP contribution in [0.15, 0.2) is 46.2 Å². The highest BCUT2D eigenvalue weighted by molar-refractivity contribution is 5.76. The van der Waals surface area contributed by atoms with Crippen molar-refractivity contribution >= 4 is 17.1 Å². The molecule has 2 heterocycles. The Labute approximate surface area is 181 Å². The molecular formula is C23H31N5O3. The van der Waals surface area contributed by atoms with Crippen molar-refractivity contribution in [1.82, 2.24) is 23.6 Å². The van der Waals surface area contributed by atoms with E-state index in [1.54, 1.807) is 17.9 Å². The van der Waals surface area contributed by atoms with E-state index >= 15 is 0 Å². The first-order valence-electron chi connectivity index (χ1n) is 10.9. The van der Waals surface area contributed by atoms with Crippen LogP contribution in [0.1, 0.15) is 45.1 Å². The summed E-state index contributed by atoms with van der Waals surface area (Å²) in [5.74, 6) is -0.288. The molecule has 0 fully saturated rings. The Bertz CT molecular complexity index is 1140. The summed E-state index contributed by atoms with van der Waals surface area (Å²) in [6.07, 6.45) is 5.19. The average Bonchev–Trinajstić information content (AvgIpc) is 3.19. The van der Waals surface area contributed by atoms with E-state index in [0.29, 0.717) is 30.8 Å². The second-order valence-corrected chi connectivity index (χ2v) is 7.88. The van der Waals surface area contributed by atoms with Crippen LogP contribution in [0.4, 0.5) is 0 Å². The highest BCUT2D eigenvalue weighted by Gasteiger charge is 2.20. The van der Waals surface area contributed by atoms with Gasteiger partial charge in [-0.15, -0.1) is 0 Å². The summed E-state index contributed by atoms with van der Waals surface area (Å²) in [5, 5.41) is 0. The third kappa shape index (κ3) is 4.95. The molecule has 0 aliphatic rings. The number of fused-ring (bicyclic) bond motifs is 1. The standard InChI is InChI=1S/C23H31N5O3/c1-4-6-13-26-17-24-21-20(26)22(30)28(23(31)27(21)14-7-5-2)16-19(29)25(3)15-18-11-9-8-10-12-18/h8-12,17H,4-7,13-16H2,1-3H3. The van der Waals surface area contributed by atoms with Gasteiger partial charge < -0.3 is 9.47 Å². The minimum absolute atomic E-state index is 0.288. The highest BCUT2D eigenvalue weighted by Crippen LogP contribution is 2.10. The van der Waals surface area contributed by atoms with Crippen molar-refractivity contribution in [3.05, 3.63) is 63.1 Å². The number of unbranched alkanes of at least 4 members (excludes halogenated alkanes) is 2. The predicted octanol–water partition coefficient (Wildman–Crippen LogP) is 2.62. The van der Waals surface area contributed by atoms with Gasteiger partial charge in [0.2, 0.25) is 5.91 Å². The Kier molecular flexibility index (Phi) is 7.44. The number of rotatable bonds is 10. The zero-order chi connectivity index (χ0) is 22.4. The summed E-state index contributed by atoms with van der Waals surface area (Å²) in [5.41, 5.74) is 0.846. The van der Waals surface area contributed by atoms with Crippen LogP contribution < -0.4 is 11.2 Å². The van der Waals surface area contributed by atoms with E-state index < -0.39 is 11.2 Å². The lowest BCUT2D eigenvalue weighted by molar-refractivity contribution is -0.131. The predicted molar refractivity (Wildman–Crippen MR) is 121 cm³/mol. The number of amides is 1. The van der Waals surface area contributed by atoms with Crippen LogP contribution in [0.5, 0.6) is 0 Å². The molecule has 0 saturated heterocycles. The van der Waals surface area contributed by atoms with E-state index in [1.807, 2.05) is 37.3 Å². The largest absolute Gasteiger partial charge is 0.340 e. The summed E-state index contributed by atoms with van der Waals surface area (Å²) in [4.78, 5) is 45.2. The number of hydrogen-bond donors (Lipinski definition) is 0. The van der Waals surface area contributed by atoms with Crippen molar-refractivity contribution in [2.24, 2.45) is 0 Å². The van der Waals surface area contributed by atoms with Crippen molar-refractivity contribution < 1.29 is 4.79 Å². The second-order valence-electron chi connectivity index (χ2n) is 7.88.